The van der Waals surface area contributed by atoms with E-state index in [4.69, 9.17) is 18.6 Å². The van der Waals surface area contributed by atoms with Gasteiger partial charge in [0.1, 0.15) is 0 Å². The number of fused-ring (bicyclic) bond motifs is 4. The predicted octanol–water partition coefficient (Wildman–Crippen LogP) is 7.36. The van der Waals surface area contributed by atoms with Crippen molar-refractivity contribution in [2.45, 2.75) is 6.42 Å². The van der Waals surface area contributed by atoms with Gasteiger partial charge in [-0.25, -0.2) is 0 Å². The number of benzene rings is 3. The van der Waals surface area contributed by atoms with Crippen LogP contribution in [0.2, 0.25) is 0 Å². The fourth-order valence-electron chi connectivity index (χ4n) is 3.39. The van der Waals surface area contributed by atoms with Crippen molar-refractivity contribution < 1.29 is 17.0 Å². The molecule has 142 valence electrons. The van der Waals surface area contributed by atoms with Gasteiger partial charge in [-0.1, -0.05) is 41.5 Å². The van der Waals surface area contributed by atoms with Gasteiger partial charge in [0.2, 0.25) is 0 Å². The first-order valence-electron chi connectivity index (χ1n) is 9.01. The predicted molar refractivity (Wildman–Crippen MR) is 123 cm³/mol. The standard InChI is InChI=1S/C13H9.C11H12P.2ClH.Ti/c1-3-7-12-10(5-1)9-11-6-2-4-8-13(11)12;1-12(2)11-7-9-5-3-4-6-10(9)8-11;;;/h1-5,7-8H,9H2;3-8H,1-2H3;2*1H;/q2*-1;;;+2/p-2. The van der Waals surface area contributed by atoms with E-state index in [-0.39, 0.29) is 7.92 Å². The van der Waals surface area contributed by atoms with E-state index in [2.05, 4.69) is 92.2 Å². The Bertz CT molecular complexity index is 963. The molecule has 0 aliphatic heterocycles. The van der Waals surface area contributed by atoms with E-state index in [0.29, 0.717) is 0 Å². The first-order valence-corrected chi connectivity index (χ1v) is 15.5. The van der Waals surface area contributed by atoms with Crippen molar-refractivity contribution in [3.63, 3.8) is 0 Å². The van der Waals surface area contributed by atoms with E-state index in [1.165, 1.54) is 38.3 Å². The number of halogens is 2. The molecule has 0 bridgehead atoms. The molecule has 1 aliphatic carbocycles. The zero-order valence-corrected chi connectivity index (χ0v) is 19.9. The summed E-state index contributed by atoms with van der Waals surface area (Å²) in [6, 6.07) is 31.3. The molecule has 0 saturated carbocycles. The summed E-state index contributed by atoms with van der Waals surface area (Å²) in [6.07, 6.45) is 1.05. The van der Waals surface area contributed by atoms with Crippen molar-refractivity contribution in [3.05, 3.63) is 96.1 Å². The Kier molecular flexibility index (Phi) is 8.28. The first kappa shape index (κ1) is 21.7. The second-order valence-corrected chi connectivity index (χ2v) is 11.6. The average Bonchev–Trinajstić information content (AvgIpc) is 3.31. The second kappa shape index (κ2) is 10.7. The topological polar surface area (TPSA) is 0 Å². The van der Waals surface area contributed by atoms with Crippen LogP contribution in [0, 0.1) is 6.07 Å². The fraction of sp³-hybridized carbons (Fsp3) is 0.125. The normalized spacial score (nSPS) is 11.0. The number of hydrogen-bond acceptors (Lipinski definition) is 0. The quantitative estimate of drug-likeness (QED) is 0.140. The van der Waals surface area contributed by atoms with E-state index in [1.54, 1.807) is 0 Å². The smallest absolute Gasteiger partial charge is 0.0253 e. The Morgan fingerprint density at radius 2 is 1.61 bits per heavy atom. The molecule has 5 rings (SSSR count). The molecule has 0 atom stereocenters. The minimum absolute atomic E-state index is 0.0576. The summed E-state index contributed by atoms with van der Waals surface area (Å²) in [5.74, 6) is 0. The van der Waals surface area contributed by atoms with Gasteiger partial charge in [-0.05, 0) is 19.8 Å². The van der Waals surface area contributed by atoms with Gasteiger partial charge in [0.15, 0.2) is 0 Å². The summed E-state index contributed by atoms with van der Waals surface area (Å²) >= 11 is -0.556. The molecular weight excluding hydrogens is 438 g/mol. The molecule has 0 heterocycles. The fourth-order valence-corrected chi connectivity index (χ4v) is 4.18. The Morgan fingerprint density at radius 1 is 0.929 bits per heavy atom. The van der Waals surface area contributed by atoms with E-state index >= 15 is 0 Å². The van der Waals surface area contributed by atoms with Crippen LogP contribution in [0.1, 0.15) is 11.1 Å². The first-order chi connectivity index (χ1) is 13.6. The third kappa shape index (κ3) is 5.32. The van der Waals surface area contributed by atoms with Crippen LogP contribution in [0.3, 0.4) is 0 Å². The Labute approximate surface area is 185 Å². The van der Waals surface area contributed by atoms with Gasteiger partial charge in [0.05, 0.1) is 0 Å². The van der Waals surface area contributed by atoms with Gasteiger partial charge >= 0.3 is 35.6 Å². The van der Waals surface area contributed by atoms with Crippen molar-refractivity contribution in [3.8, 4) is 11.1 Å². The third-order valence-corrected chi connectivity index (χ3v) is 6.03. The van der Waals surface area contributed by atoms with Gasteiger partial charge < -0.3 is 0 Å². The van der Waals surface area contributed by atoms with Crippen LogP contribution in [0.5, 0.6) is 0 Å². The summed E-state index contributed by atoms with van der Waals surface area (Å²) in [4.78, 5) is 0. The summed E-state index contributed by atoms with van der Waals surface area (Å²) in [6.45, 7) is 4.59. The maximum absolute atomic E-state index is 4.89. The van der Waals surface area contributed by atoms with Crippen LogP contribution >= 0.6 is 26.5 Å². The summed E-state index contributed by atoms with van der Waals surface area (Å²) in [5.41, 5.74) is 5.51. The van der Waals surface area contributed by atoms with Crippen molar-refractivity contribution in [1.29, 1.82) is 0 Å². The molecule has 0 aromatic heterocycles. The van der Waals surface area contributed by atoms with Gasteiger partial charge in [0.25, 0.3) is 0 Å². The minimum Gasteiger partial charge on any atom is -0.179 e. The van der Waals surface area contributed by atoms with Crippen LogP contribution in [0.25, 0.3) is 21.9 Å². The molecule has 4 heteroatoms. The van der Waals surface area contributed by atoms with Gasteiger partial charge in [-0.3, -0.25) is 0 Å². The molecule has 0 unspecified atom stereocenters. The molecule has 0 fully saturated rings. The zero-order valence-electron chi connectivity index (χ0n) is 15.9. The molecule has 1 aliphatic rings. The van der Waals surface area contributed by atoms with Crippen LogP contribution in [0.4, 0.5) is 0 Å². The number of rotatable bonds is 1. The zero-order chi connectivity index (χ0) is 19.9. The molecular formula is C24H21Cl2PTi-2. The molecule has 0 amide bonds. The Morgan fingerprint density at radius 3 is 2.36 bits per heavy atom. The monoisotopic (exact) mass is 458 g/mol. The minimum atomic E-state index is -0.556. The molecule has 0 saturated heterocycles. The van der Waals surface area contributed by atoms with Gasteiger partial charge in [-0.2, -0.15) is 35.9 Å². The van der Waals surface area contributed by atoms with E-state index in [1.807, 2.05) is 6.07 Å². The van der Waals surface area contributed by atoms with Crippen LogP contribution in [-0.4, -0.2) is 13.3 Å². The van der Waals surface area contributed by atoms with Crippen molar-refractivity contribution in [2.24, 2.45) is 0 Å². The summed E-state index contributed by atoms with van der Waals surface area (Å²) in [7, 11) is 9.84. The molecule has 0 nitrogen and oxygen atoms in total. The Hall–Kier alpha value is -1.01. The molecule has 4 aromatic rings. The molecule has 4 aromatic carbocycles. The second-order valence-electron chi connectivity index (χ2n) is 6.70. The van der Waals surface area contributed by atoms with E-state index in [0.717, 1.165) is 6.42 Å². The maximum atomic E-state index is 4.89. The molecule has 28 heavy (non-hydrogen) atoms. The van der Waals surface area contributed by atoms with Crippen molar-refractivity contribution in [1.82, 2.24) is 0 Å². The summed E-state index contributed by atoms with van der Waals surface area (Å²) < 4.78 is 0. The average molecular weight is 459 g/mol. The van der Waals surface area contributed by atoms with Gasteiger partial charge in [-0.15, -0.1) is 53.8 Å². The van der Waals surface area contributed by atoms with Crippen LogP contribution in [0.15, 0.2) is 78.9 Å². The molecule has 0 spiro atoms. The van der Waals surface area contributed by atoms with Crippen LogP contribution in [-0.2, 0) is 23.5 Å². The molecule has 0 radical (unpaired) electrons. The van der Waals surface area contributed by atoms with Crippen molar-refractivity contribution in [2.75, 3.05) is 13.3 Å². The summed E-state index contributed by atoms with van der Waals surface area (Å²) in [5, 5.41) is 4.26. The van der Waals surface area contributed by atoms with E-state index in [9.17, 15) is 0 Å². The van der Waals surface area contributed by atoms with Gasteiger partial charge in [0, 0.05) is 0 Å². The largest absolute Gasteiger partial charge is 0.179 e. The van der Waals surface area contributed by atoms with Crippen LogP contribution < -0.4 is 5.30 Å². The number of hydrogen-bond donors (Lipinski definition) is 0. The van der Waals surface area contributed by atoms with E-state index < -0.39 is 17.0 Å². The Balaban J connectivity index is 0.000000142. The van der Waals surface area contributed by atoms with Crippen molar-refractivity contribution >= 4 is 42.6 Å². The SMILES string of the molecule is CP(C)c1cc2ccccc2[cH-]1.[Cl][Ti][Cl].[c-]1cccc2c1Cc1ccccc1-2. The maximum Gasteiger partial charge on any atom is -0.0253 e. The molecule has 0 N–H and O–H groups in total. The third-order valence-electron chi connectivity index (χ3n) is 4.74.